The van der Waals surface area contributed by atoms with Crippen molar-refractivity contribution in [1.82, 2.24) is 4.31 Å². The number of nitrogens with zero attached hydrogens (tertiary/aromatic N) is 1. The Balaban J connectivity index is 1.77. The molecule has 0 spiro atoms. The lowest BCUT2D eigenvalue weighted by atomic mass is 9.90. The highest BCUT2D eigenvalue weighted by Crippen LogP contribution is 2.51. The van der Waals surface area contributed by atoms with Crippen LogP contribution in [-0.4, -0.2) is 60.6 Å². The third-order valence-electron chi connectivity index (χ3n) is 4.59. The average Bonchev–Trinajstić information content (AvgIpc) is 2.99. The Kier molecular flexibility index (Phi) is 3.87. The number of ether oxygens (including phenoxy) is 3. The molecule has 3 aliphatic heterocycles. The topological polar surface area (TPSA) is 82.1 Å². The van der Waals surface area contributed by atoms with Gasteiger partial charge in [-0.2, -0.15) is 4.31 Å². The smallest absolute Gasteiger partial charge is 0.335 e. The van der Waals surface area contributed by atoms with Crippen molar-refractivity contribution in [3.05, 3.63) is 12.2 Å². The summed E-state index contributed by atoms with van der Waals surface area (Å²) in [5.41, 5.74) is -0.271. The maximum absolute atomic E-state index is 12.8. The fraction of sp³-hybridized carbons (Fsp3) is 0.800. The van der Waals surface area contributed by atoms with Gasteiger partial charge in [-0.3, -0.25) is 0 Å². The summed E-state index contributed by atoms with van der Waals surface area (Å²) in [7, 11) is -3.41. The van der Waals surface area contributed by atoms with Gasteiger partial charge in [0.05, 0.1) is 18.2 Å². The number of hydrogen-bond acceptors (Lipinski definition) is 6. The lowest BCUT2D eigenvalue weighted by Crippen LogP contribution is -2.53. The number of sulfonamides is 1. The number of esters is 1. The molecule has 3 rings (SSSR count). The minimum atomic E-state index is -3.41. The van der Waals surface area contributed by atoms with Crippen molar-refractivity contribution in [3.8, 4) is 0 Å². The van der Waals surface area contributed by atoms with Crippen molar-refractivity contribution >= 4 is 16.0 Å². The van der Waals surface area contributed by atoms with Gasteiger partial charge in [0.1, 0.15) is 11.4 Å². The maximum Gasteiger partial charge on any atom is 0.335 e. The zero-order chi connectivity index (χ0) is 17.2. The normalized spacial score (nSPS) is 38.0. The van der Waals surface area contributed by atoms with E-state index < -0.39 is 32.9 Å². The first-order chi connectivity index (χ1) is 10.5. The Morgan fingerprint density at radius 2 is 2.04 bits per heavy atom. The van der Waals surface area contributed by atoms with Gasteiger partial charge in [-0.05, 0) is 34.1 Å². The molecule has 0 aromatic carbocycles. The van der Waals surface area contributed by atoms with E-state index in [1.807, 2.05) is 20.8 Å². The molecule has 3 aliphatic rings. The van der Waals surface area contributed by atoms with Gasteiger partial charge in [0.15, 0.2) is 6.79 Å². The third-order valence-corrected chi connectivity index (χ3v) is 7.16. The second-order valence-electron chi connectivity index (χ2n) is 7.38. The highest BCUT2D eigenvalue weighted by atomic mass is 32.2. The summed E-state index contributed by atoms with van der Waals surface area (Å²) in [4.78, 5) is 11.4. The lowest BCUT2D eigenvalue weighted by Gasteiger charge is -2.36. The summed E-state index contributed by atoms with van der Waals surface area (Å²) in [5, 5.41) is -0.491. The largest absolute Gasteiger partial charge is 0.435 e. The Morgan fingerprint density at radius 1 is 1.39 bits per heavy atom. The van der Waals surface area contributed by atoms with Crippen molar-refractivity contribution in [3.63, 3.8) is 0 Å². The summed E-state index contributed by atoms with van der Waals surface area (Å²) in [6.45, 7) is 10.4. The molecule has 3 heterocycles. The van der Waals surface area contributed by atoms with Crippen LogP contribution in [0.15, 0.2) is 12.2 Å². The van der Waals surface area contributed by atoms with Crippen LogP contribution < -0.4 is 0 Å². The first-order valence-corrected chi connectivity index (χ1v) is 9.18. The van der Waals surface area contributed by atoms with Crippen LogP contribution in [-0.2, 0) is 29.0 Å². The van der Waals surface area contributed by atoms with Crippen molar-refractivity contribution in [1.29, 1.82) is 0 Å². The fourth-order valence-corrected chi connectivity index (χ4v) is 6.46. The standard InChI is InChI=1S/C15H23NO6S/c1-8(2)14(17)21-7-20-12-9-6-10-13(22-9)11(12)16(15(3,4)5)23(10,18)19/h9-13H,1,6-7H2,2-5H3. The molecule has 3 saturated heterocycles. The first kappa shape index (κ1) is 16.9. The number of fused-ring (bicyclic) bond motifs is 1. The predicted octanol–water partition coefficient (Wildman–Crippen LogP) is 0.801. The summed E-state index contributed by atoms with van der Waals surface area (Å²) in [5.74, 6) is -0.529. The van der Waals surface area contributed by atoms with E-state index in [0.717, 1.165) is 0 Å². The molecule has 130 valence electrons. The van der Waals surface area contributed by atoms with E-state index in [0.29, 0.717) is 6.42 Å². The van der Waals surface area contributed by atoms with E-state index in [2.05, 4.69) is 6.58 Å². The van der Waals surface area contributed by atoms with Crippen molar-refractivity contribution in [2.45, 2.75) is 69.3 Å². The second-order valence-corrected chi connectivity index (χ2v) is 9.41. The molecule has 0 aromatic heterocycles. The molecule has 2 bridgehead atoms. The predicted molar refractivity (Wildman–Crippen MR) is 82.0 cm³/mol. The van der Waals surface area contributed by atoms with Gasteiger partial charge in [-0.25, -0.2) is 13.2 Å². The van der Waals surface area contributed by atoms with Crippen LogP contribution in [0.4, 0.5) is 0 Å². The van der Waals surface area contributed by atoms with Crippen LogP contribution in [0, 0.1) is 0 Å². The van der Waals surface area contributed by atoms with E-state index in [1.165, 1.54) is 4.31 Å². The zero-order valence-electron chi connectivity index (χ0n) is 13.8. The maximum atomic E-state index is 12.8. The Labute approximate surface area is 136 Å². The molecule has 5 atom stereocenters. The Bertz CT molecular complexity index is 637. The number of carbonyl (C=O) groups is 1. The third kappa shape index (κ3) is 2.52. The van der Waals surface area contributed by atoms with Crippen LogP contribution in [0.3, 0.4) is 0 Å². The fourth-order valence-electron chi connectivity index (χ4n) is 3.82. The van der Waals surface area contributed by atoms with E-state index in [-0.39, 0.29) is 30.6 Å². The van der Waals surface area contributed by atoms with Crippen LogP contribution in [0.1, 0.15) is 34.1 Å². The van der Waals surface area contributed by atoms with Crippen LogP contribution in [0.2, 0.25) is 0 Å². The molecule has 0 radical (unpaired) electrons. The number of carbonyl (C=O) groups excluding carboxylic acids is 1. The molecule has 5 unspecified atom stereocenters. The zero-order valence-corrected chi connectivity index (χ0v) is 14.6. The van der Waals surface area contributed by atoms with E-state index >= 15 is 0 Å². The Morgan fingerprint density at radius 3 is 2.61 bits per heavy atom. The van der Waals surface area contributed by atoms with E-state index in [1.54, 1.807) is 6.92 Å². The minimum absolute atomic E-state index is 0.234. The van der Waals surface area contributed by atoms with Gasteiger partial charge in [-0.1, -0.05) is 6.58 Å². The second kappa shape index (κ2) is 5.27. The van der Waals surface area contributed by atoms with Crippen molar-refractivity contribution in [2.75, 3.05) is 6.79 Å². The van der Waals surface area contributed by atoms with Crippen molar-refractivity contribution < 1.29 is 27.4 Å². The van der Waals surface area contributed by atoms with Gasteiger partial charge >= 0.3 is 5.97 Å². The SMILES string of the molecule is C=C(C)C(=O)OCOC1C2CC3C(O2)C1N(C(C)(C)C)S3(=O)=O. The minimum Gasteiger partial charge on any atom is -0.435 e. The van der Waals surface area contributed by atoms with Gasteiger partial charge in [0.25, 0.3) is 0 Å². The van der Waals surface area contributed by atoms with Gasteiger partial charge in [-0.15, -0.1) is 0 Å². The van der Waals surface area contributed by atoms with E-state index in [4.69, 9.17) is 14.2 Å². The highest BCUT2D eigenvalue weighted by Gasteiger charge is 2.70. The van der Waals surface area contributed by atoms with Gasteiger partial charge in [0.2, 0.25) is 10.0 Å². The molecule has 0 N–H and O–H groups in total. The van der Waals surface area contributed by atoms with Crippen molar-refractivity contribution in [2.24, 2.45) is 0 Å². The summed E-state index contributed by atoms with van der Waals surface area (Å²) < 4.78 is 43.6. The molecule has 0 aliphatic carbocycles. The summed E-state index contributed by atoms with van der Waals surface area (Å²) >= 11 is 0. The van der Waals surface area contributed by atoms with Crippen LogP contribution in [0.5, 0.6) is 0 Å². The molecular formula is C15H23NO6S. The number of hydrogen-bond donors (Lipinski definition) is 0. The molecule has 23 heavy (non-hydrogen) atoms. The van der Waals surface area contributed by atoms with E-state index in [9.17, 15) is 13.2 Å². The quantitative estimate of drug-likeness (QED) is 0.426. The molecule has 7 nitrogen and oxygen atoms in total. The molecule has 0 aromatic rings. The monoisotopic (exact) mass is 345 g/mol. The first-order valence-electron chi connectivity index (χ1n) is 7.68. The molecule has 8 heteroatoms. The van der Waals surface area contributed by atoms with Gasteiger partial charge in [0, 0.05) is 11.1 Å². The highest BCUT2D eigenvalue weighted by molar-refractivity contribution is 7.90. The molecule has 3 fully saturated rings. The molecule has 0 saturated carbocycles. The summed E-state index contributed by atoms with van der Waals surface area (Å²) in [6, 6.07) is -0.368. The number of rotatable bonds is 4. The van der Waals surface area contributed by atoms with Gasteiger partial charge < -0.3 is 14.2 Å². The summed E-state index contributed by atoms with van der Waals surface area (Å²) in [6.07, 6.45) is -0.646. The van der Waals surface area contributed by atoms with Crippen LogP contribution >= 0.6 is 0 Å². The van der Waals surface area contributed by atoms with Crippen LogP contribution in [0.25, 0.3) is 0 Å². The molecular weight excluding hydrogens is 322 g/mol. The lowest BCUT2D eigenvalue weighted by molar-refractivity contribution is -0.161. The Hall–Kier alpha value is -0.960. The average molecular weight is 345 g/mol. The molecule has 0 amide bonds.